The molecule has 2 rings (SSSR count). The van der Waals surface area contributed by atoms with Crippen molar-refractivity contribution in [2.24, 2.45) is 0 Å². The van der Waals surface area contributed by atoms with E-state index in [1.54, 1.807) is 0 Å². The van der Waals surface area contributed by atoms with E-state index in [4.69, 9.17) is 4.74 Å². The maximum absolute atomic E-state index is 13.7. The maximum atomic E-state index is 13.7. The third kappa shape index (κ3) is 3.64. The summed E-state index contributed by atoms with van der Waals surface area (Å²) in [5.74, 6) is -0.702. The molecule has 118 valence electrons. The summed E-state index contributed by atoms with van der Waals surface area (Å²) in [6.45, 7) is 1.88. The second kappa shape index (κ2) is 6.89. The highest BCUT2D eigenvalue weighted by Gasteiger charge is 2.21. The van der Waals surface area contributed by atoms with Crippen molar-refractivity contribution >= 4 is 10.0 Å². The Hall–Kier alpha value is -1.92. The van der Waals surface area contributed by atoms with E-state index in [-0.39, 0.29) is 16.7 Å². The second-order valence-electron chi connectivity index (χ2n) is 4.79. The number of hydrogen-bond acceptors (Lipinski definition) is 3. The van der Waals surface area contributed by atoms with Crippen LogP contribution in [0, 0.1) is 5.82 Å². The van der Waals surface area contributed by atoms with Crippen molar-refractivity contribution in [3.05, 3.63) is 59.9 Å². The molecule has 0 aliphatic heterocycles. The summed E-state index contributed by atoms with van der Waals surface area (Å²) in [6, 6.07) is 12.5. The Morgan fingerprint density at radius 2 is 1.86 bits per heavy atom. The molecule has 2 aromatic carbocycles. The van der Waals surface area contributed by atoms with Crippen LogP contribution in [0.15, 0.2) is 53.4 Å². The fourth-order valence-corrected chi connectivity index (χ4v) is 3.46. The average Bonchev–Trinajstić information content (AvgIpc) is 2.53. The quantitative estimate of drug-likeness (QED) is 0.888. The summed E-state index contributed by atoms with van der Waals surface area (Å²) in [6.07, 6.45) is 0.585. The molecular weight excluding hydrogens is 305 g/mol. The van der Waals surface area contributed by atoms with Crippen LogP contribution >= 0.6 is 0 Å². The number of benzene rings is 2. The largest absolute Gasteiger partial charge is 0.494 e. The lowest BCUT2D eigenvalue weighted by atomic mass is 10.1. The van der Waals surface area contributed by atoms with Crippen LogP contribution in [0.1, 0.15) is 24.9 Å². The Balaban J connectivity index is 2.28. The van der Waals surface area contributed by atoms with Crippen molar-refractivity contribution in [1.29, 1.82) is 0 Å². The van der Waals surface area contributed by atoms with Crippen LogP contribution in [0.4, 0.5) is 4.39 Å². The third-order valence-electron chi connectivity index (χ3n) is 3.34. The van der Waals surface area contributed by atoms with Crippen molar-refractivity contribution in [3.8, 4) is 5.75 Å². The number of ether oxygens (including phenoxy) is 1. The Morgan fingerprint density at radius 1 is 1.18 bits per heavy atom. The van der Waals surface area contributed by atoms with E-state index in [0.717, 1.165) is 11.6 Å². The third-order valence-corrected chi connectivity index (χ3v) is 4.81. The van der Waals surface area contributed by atoms with Crippen LogP contribution < -0.4 is 9.46 Å². The Morgan fingerprint density at radius 3 is 2.41 bits per heavy atom. The molecule has 0 aromatic heterocycles. The molecule has 0 aliphatic carbocycles. The number of methoxy groups -OCH3 is 1. The normalized spacial score (nSPS) is 12.9. The molecule has 6 heteroatoms. The van der Waals surface area contributed by atoms with Gasteiger partial charge in [-0.25, -0.2) is 17.5 Å². The number of halogens is 1. The molecule has 0 heterocycles. The fourth-order valence-electron chi connectivity index (χ4n) is 2.14. The van der Waals surface area contributed by atoms with E-state index in [0.29, 0.717) is 6.42 Å². The zero-order valence-corrected chi connectivity index (χ0v) is 13.2. The van der Waals surface area contributed by atoms with Crippen LogP contribution in [0.5, 0.6) is 5.75 Å². The van der Waals surface area contributed by atoms with Crippen LogP contribution in [0.2, 0.25) is 0 Å². The van der Waals surface area contributed by atoms with Gasteiger partial charge in [-0.3, -0.25) is 0 Å². The standard InChI is InChI=1S/C16H18FNO3S/c1-3-15(12-7-5-4-6-8-12)18-22(19,20)13-9-10-16(21-2)14(17)11-13/h4-11,15,18H,3H2,1-2H3/t15-/m0/s1. The van der Waals surface area contributed by atoms with Gasteiger partial charge in [0.05, 0.1) is 12.0 Å². The molecular formula is C16H18FNO3S. The van der Waals surface area contributed by atoms with E-state index >= 15 is 0 Å². The summed E-state index contributed by atoms with van der Waals surface area (Å²) < 4.78 is 45.9. The van der Waals surface area contributed by atoms with E-state index in [1.165, 1.54) is 19.2 Å². The first-order chi connectivity index (χ1) is 10.5. The molecule has 0 saturated heterocycles. The summed E-state index contributed by atoms with van der Waals surface area (Å²) in [4.78, 5) is -0.125. The summed E-state index contributed by atoms with van der Waals surface area (Å²) in [5.41, 5.74) is 0.863. The molecule has 0 aliphatic rings. The van der Waals surface area contributed by atoms with E-state index in [9.17, 15) is 12.8 Å². The summed E-state index contributed by atoms with van der Waals surface area (Å²) >= 11 is 0. The lowest BCUT2D eigenvalue weighted by Crippen LogP contribution is -2.28. The van der Waals surface area contributed by atoms with Gasteiger partial charge < -0.3 is 4.74 Å². The van der Waals surface area contributed by atoms with Crippen molar-refractivity contribution in [1.82, 2.24) is 4.72 Å². The van der Waals surface area contributed by atoms with Gasteiger partial charge in [0.15, 0.2) is 11.6 Å². The van der Waals surface area contributed by atoms with Gasteiger partial charge in [-0.05, 0) is 30.2 Å². The minimum Gasteiger partial charge on any atom is -0.494 e. The topological polar surface area (TPSA) is 55.4 Å². The van der Waals surface area contributed by atoms with Gasteiger partial charge in [-0.15, -0.1) is 0 Å². The molecule has 0 saturated carbocycles. The summed E-state index contributed by atoms with van der Waals surface area (Å²) in [7, 11) is -2.49. The lowest BCUT2D eigenvalue weighted by molar-refractivity contribution is 0.385. The van der Waals surface area contributed by atoms with E-state index in [2.05, 4.69) is 4.72 Å². The van der Waals surface area contributed by atoms with Gasteiger partial charge in [0.1, 0.15) is 0 Å². The van der Waals surface area contributed by atoms with Crippen molar-refractivity contribution in [2.75, 3.05) is 7.11 Å². The molecule has 22 heavy (non-hydrogen) atoms. The second-order valence-corrected chi connectivity index (χ2v) is 6.50. The monoisotopic (exact) mass is 323 g/mol. The predicted molar refractivity (Wildman–Crippen MR) is 82.7 cm³/mol. The number of nitrogens with one attached hydrogen (secondary N) is 1. The lowest BCUT2D eigenvalue weighted by Gasteiger charge is -2.17. The first-order valence-corrected chi connectivity index (χ1v) is 8.37. The van der Waals surface area contributed by atoms with Crippen molar-refractivity contribution in [3.63, 3.8) is 0 Å². The highest BCUT2D eigenvalue weighted by atomic mass is 32.2. The molecule has 2 aromatic rings. The molecule has 4 nitrogen and oxygen atoms in total. The molecule has 0 spiro atoms. The van der Waals surface area contributed by atoms with Crippen molar-refractivity contribution in [2.45, 2.75) is 24.3 Å². The van der Waals surface area contributed by atoms with E-state index < -0.39 is 15.8 Å². The van der Waals surface area contributed by atoms with Crippen LogP contribution in [-0.2, 0) is 10.0 Å². The van der Waals surface area contributed by atoms with Gasteiger partial charge in [-0.2, -0.15) is 0 Å². The minimum absolute atomic E-state index is 0.00838. The van der Waals surface area contributed by atoms with E-state index in [1.807, 2.05) is 37.3 Å². The van der Waals surface area contributed by atoms with Crippen molar-refractivity contribution < 1.29 is 17.5 Å². The molecule has 0 unspecified atom stereocenters. The highest BCUT2D eigenvalue weighted by molar-refractivity contribution is 7.89. The molecule has 0 bridgehead atoms. The zero-order chi connectivity index (χ0) is 16.2. The van der Waals surface area contributed by atoms with Gasteiger partial charge in [0, 0.05) is 6.04 Å². The SMILES string of the molecule is CC[C@H](NS(=O)(=O)c1ccc(OC)c(F)c1)c1ccccc1. The van der Waals surface area contributed by atoms with Gasteiger partial charge in [-0.1, -0.05) is 37.3 Å². The van der Waals surface area contributed by atoms with Gasteiger partial charge in [0.2, 0.25) is 10.0 Å². The fraction of sp³-hybridized carbons (Fsp3) is 0.250. The molecule has 1 atom stereocenters. The smallest absolute Gasteiger partial charge is 0.241 e. The number of rotatable bonds is 6. The number of sulfonamides is 1. The maximum Gasteiger partial charge on any atom is 0.241 e. The van der Waals surface area contributed by atoms with Crippen LogP contribution in [0.25, 0.3) is 0 Å². The molecule has 1 N–H and O–H groups in total. The van der Waals surface area contributed by atoms with Crippen LogP contribution in [0.3, 0.4) is 0 Å². The number of hydrogen-bond donors (Lipinski definition) is 1. The van der Waals surface area contributed by atoms with Crippen LogP contribution in [-0.4, -0.2) is 15.5 Å². The Labute approximate surface area is 130 Å². The summed E-state index contributed by atoms with van der Waals surface area (Å²) in [5, 5.41) is 0. The molecule has 0 amide bonds. The van der Waals surface area contributed by atoms with Gasteiger partial charge in [0.25, 0.3) is 0 Å². The minimum atomic E-state index is -3.81. The Kier molecular flexibility index (Phi) is 5.15. The van der Waals surface area contributed by atoms with Gasteiger partial charge >= 0.3 is 0 Å². The average molecular weight is 323 g/mol. The molecule has 0 fully saturated rings. The first kappa shape index (κ1) is 16.5. The molecule has 0 radical (unpaired) electrons. The Bertz CT molecular complexity index is 732. The highest BCUT2D eigenvalue weighted by Crippen LogP contribution is 2.23. The zero-order valence-electron chi connectivity index (χ0n) is 12.4. The predicted octanol–water partition coefficient (Wildman–Crippen LogP) is 3.26. The first-order valence-electron chi connectivity index (χ1n) is 6.88.